The molecule has 3 aliphatic heterocycles. The highest BCUT2D eigenvalue weighted by Gasteiger charge is 2.51. The van der Waals surface area contributed by atoms with E-state index in [4.69, 9.17) is 4.74 Å². The second-order valence-electron chi connectivity index (χ2n) is 9.07. The molecule has 4 aliphatic rings. The number of hydrogen-bond donors (Lipinski definition) is 2. The van der Waals surface area contributed by atoms with Gasteiger partial charge in [0.1, 0.15) is 0 Å². The summed E-state index contributed by atoms with van der Waals surface area (Å²) in [4.78, 5) is 17.4. The Morgan fingerprint density at radius 1 is 1.15 bits per heavy atom. The van der Waals surface area contributed by atoms with Crippen LogP contribution >= 0.6 is 0 Å². The lowest BCUT2D eigenvalue weighted by atomic mass is 9.80. The number of rotatable bonds is 6. The number of amides is 1. The molecule has 1 amide bonds. The van der Waals surface area contributed by atoms with Gasteiger partial charge < -0.3 is 15.4 Å². The van der Waals surface area contributed by atoms with Crippen LogP contribution in [0.25, 0.3) is 0 Å². The maximum Gasteiger partial charge on any atom is 0.221 e. The van der Waals surface area contributed by atoms with Crippen molar-refractivity contribution in [1.82, 2.24) is 20.4 Å². The third kappa shape index (κ3) is 3.93. The molecule has 3 saturated heterocycles. The molecule has 1 aliphatic carbocycles. The Balaban J connectivity index is 1.33. The van der Waals surface area contributed by atoms with E-state index in [0.717, 1.165) is 64.2 Å². The van der Waals surface area contributed by atoms with Gasteiger partial charge in [-0.05, 0) is 38.0 Å². The quantitative estimate of drug-likeness (QED) is 0.731. The molecule has 0 aromatic heterocycles. The van der Waals surface area contributed by atoms with Gasteiger partial charge in [0.25, 0.3) is 0 Å². The van der Waals surface area contributed by atoms with E-state index in [1.807, 2.05) is 0 Å². The van der Waals surface area contributed by atoms with Gasteiger partial charge in [-0.15, -0.1) is 0 Å². The molecule has 26 heavy (non-hydrogen) atoms. The fourth-order valence-electron chi connectivity index (χ4n) is 5.21. The minimum atomic E-state index is 0.0518. The van der Waals surface area contributed by atoms with Crippen LogP contribution in [0.2, 0.25) is 0 Å². The van der Waals surface area contributed by atoms with E-state index in [1.54, 1.807) is 7.05 Å². The van der Waals surface area contributed by atoms with Crippen LogP contribution in [0.5, 0.6) is 0 Å². The molecule has 0 unspecified atom stereocenters. The molecular weight excluding hydrogens is 328 g/mol. The first-order valence-electron chi connectivity index (χ1n) is 10.6. The Kier molecular flexibility index (Phi) is 5.56. The van der Waals surface area contributed by atoms with E-state index in [-0.39, 0.29) is 11.4 Å². The fraction of sp³-hybridized carbons (Fsp3) is 0.950. The van der Waals surface area contributed by atoms with Crippen molar-refractivity contribution in [3.8, 4) is 0 Å². The molecule has 1 saturated carbocycles. The van der Waals surface area contributed by atoms with Gasteiger partial charge in [0.05, 0.1) is 5.54 Å². The average Bonchev–Trinajstić information content (AvgIpc) is 3.33. The first kappa shape index (κ1) is 18.7. The summed E-state index contributed by atoms with van der Waals surface area (Å²) in [5.41, 5.74) is 0.0518. The van der Waals surface area contributed by atoms with E-state index < -0.39 is 0 Å². The smallest absolute Gasteiger partial charge is 0.221 e. The lowest BCUT2D eigenvalue weighted by Gasteiger charge is -2.59. The molecule has 2 N–H and O–H groups in total. The number of carbonyl (C=O) groups excluding carboxylic acids is 1. The molecule has 0 spiro atoms. The van der Waals surface area contributed by atoms with Gasteiger partial charge >= 0.3 is 0 Å². The number of nitrogens with one attached hydrogen (secondary N) is 2. The zero-order valence-electron chi connectivity index (χ0n) is 16.5. The molecule has 148 valence electrons. The molecule has 0 radical (unpaired) electrons. The first-order valence-corrected chi connectivity index (χ1v) is 10.6. The Morgan fingerprint density at radius 2 is 1.81 bits per heavy atom. The van der Waals surface area contributed by atoms with Crippen molar-refractivity contribution >= 4 is 5.91 Å². The van der Waals surface area contributed by atoms with Crippen molar-refractivity contribution in [2.45, 2.75) is 69.1 Å². The molecule has 4 fully saturated rings. The minimum absolute atomic E-state index is 0.0518. The normalized spacial score (nSPS) is 33.6. The minimum Gasteiger partial charge on any atom is -0.381 e. The van der Waals surface area contributed by atoms with Crippen LogP contribution in [0.3, 0.4) is 0 Å². The van der Waals surface area contributed by atoms with Gasteiger partial charge in [0.15, 0.2) is 0 Å². The molecule has 6 nitrogen and oxygen atoms in total. The van der Waals surface area contributed by atoms with Gasteiger partial charge in [-0.25, -0.2) is 0 Å². The van der Waals surface area contributed by atoms with Crippen LogP contribution in [0.4, 0.5) is 0 Å². The van der Waals surface area contributed by atoms with E-state index >= 15 is 0 Å². The van der Waals surface area contributed by atoms with E-state index in [0.29, 0.717) is 18.5 Å². The molecule has 0 aromatic rings. The van der Waals surface area contributed by atoms with Gasteiger partial charge in [-0.3, -0.25) is 14.6 Å². The maximum atomic E-state index is 12.2. The van der Waals surface area contributed by atoms with Gasteiger partial charge in [0, 0.05) is 71.0 Å². The lowest BCUT2D eigenvalue weighted by Crippen LogP contribution is -2.74. The van der Waals surface area contributed by atoms with Crippen LogP contribution in [-0.2, 0) is 9.53 Å². The number of likely N-dealkylation sites (tertiary alicyclic amines) is 2. The summed E-state index contributed by atoms with van der Waals surface area (Å²) in [6.07, 6.45) is 6.71. The highest BCUT2D eigenvalue weighted by atomic mass is 16.5. The molecule has 0 aromatic carbocycles. The van der Waals surface area contributed by atoms with Crippen molar-refractivity contribution in [1.29, 1.82) is 0 Å². The average molecular weight is 365 g/mol. The number of ether oxygens (including phenoxy) is 1. The van der Waals surface area contributed by atoms with Crippen molar-refractivity contribution in [3.63, 3.8) is 0 Å². The first-order chi connectivity index (χ1) is 12.6. The molecule has 2 atom stereocenters. The van der Waals surface area contributed by atoms with E-state index in [2.05, 4.69) is 27.4 Å². The summed E-state index contributed by atoms with van der Waals surface area (Å²) in [7, 11) is 1.76. The van der Waals surface area contributed by atoms with Crippen LogP contribution in [0, 0.1) is 5.92 Å². The summed E-state index contributed by atoms with van der Waals surface area (Å²) < 4.78 is 5.52. The third-order valence-corrected chi connectivity index (χ3v) is 7.20. The van der Waals surface area contributed by atoms with Crippen molar-refractivity contribution in [2.75, 3.05) is 46.4 Å². The predicted octanol–water partition coefficient (Wildman–Crippen LogP) is 0.818. The van der Waals surface area contributed by atoms with Crippen molar-refractivity contribution in [2.24, 2.45) is 5.92 Å². The van der Waals surface area contributed by atoms with Crippen molar-refractivity contribution < 1.29 is 9.53 Å². The summed E-state index contributed by atoms with van der Waals surface area (Å²) in [5.74, 6) is 1.05. The van der Waals surface area contributed by atoms with Gasteiger partial charge in [-0.1, -0.05) is 6.92 Å². The molecule has 3 heterocycles. The zero-order chi connectivity index (χ0) is 18.1. The van der Waals surface area contributed by atoms with Crippen LogP contribution in [-0.4, -0.2) is 85.8 Å². The second-order valence-corrected chi connectivity index (χ2v) is 9.07. The number of nitrogens with zero attached hydrogens (tertiary/aromatic N) is 2. The van der Waals surface area contributed by atoms with Crippen LogP contribution < -0.4 is 10.6 Å². The summed E-state index contributed by atoms with van der Waals surface area (Å²) >= 11 is 0. The van der Waals surface area contributed by atoms with Gasteiger partial charge in [0.2, 0.25) is 5.91 Å². The molecule has 4 rings (SSSR count). The summed E-state index contributed by atoms with van der Waals surface area (Å²) in [5, 5.41) is 6.69. The Labute approximate surface area is 158 Å². The Hall–Kier alpha value is -0.690. The van der Waals surface area contributed by atoms with Crippen LogP contribution in [0.15, 0.2) is 0 Å². The zero-order valence-corrected chi connectivity index (χ0v) is 16.5. The highest BCUT2D eigenvalue weighted by molar-refractivity contribution is 5.77. The maximum absolute atomic E-state index is 12.2. The fourth-order valence-corrected chi connectivity index (χ4v) is 5.21. The largest absolute Gasteiger partial charge is 0.381 e. The number of hydrogen-bond acceptors (Lipinski definition) is 5. The number of carbonyl (C=O) groups is 1. The Bertz CT molecular complexity index is 494. The van der Waals surface area contributed by atoms with Crippen molar-refractivity contribution in [3.05, 3.63) is 0 Å². The van der Waals surface area contributed by atoms with Crippen LogP contribution in [0.1, 0.15) is 45.4 Å². The monoisotopic (exact) mass is 364 g/mol. The predicted molar refractivity (Wildman–Crippen MR) is 102 cm³/mol. The number of piperidine rings is 1. The lowest BCUT2D eigenvalue weighted by molar-refractivity contribution is -0.136. The van der Waals surface area contributed by atoms with Gasteiger partial charge in [-0.2, -0.15) is 0 Å². The summed E-state index contributed by atoms with van der Waals surface area (Å²) in [6, 6.07) is 2.08. The van der Waals surface area contributed by atoms with E-state index in [1.165, 1.54) is 19.3 Å². The third-order valence-electron chi connectivity index (χ3n) is 7.20. The molecule has 0 bridgehead atoms. The molecule has 6 heteroatoms. The standard InChI is InChI=1S/C20H36N4O2/c1-15-11-18(15)22-16-3-7-24(8-4-16)20(12-19(25)21-2)13-23(14-20)17-5-9-26-10-6-17/h15-18,22H,3-14H2,1-2H3,(H,21,25)/t15-,18-/m1/s1. The second kappa shape index (κ2) is 7.74. The SMILES string of the molecule is CNC(=O)CC1(N2CCC(N[C@@H]3C[C@H]3C)CC2)CN(C2CCOCC2)C1. The summed E-state index contributed by atoms with van der Waals surface area (Å²) in [6.45, 7) is 8.45. The van der Waals surface area contributed by atoms with E-state index in [9.17, 15) is 4.79 Å². The topological polar surface area (TPSA) is 56.8 Å². The highest BCUT2D eigenvalue weighted by Crippen LogP contribution is 2.37. The Morgan fingerprint density at radius 3 is 2.38 bits per heavy atom. The molecular formula is C20H36N4O2.